The van der Waals surface area contributed by atoms with Gasteiger partial charge in [-0.3, -0.25) is 4.79 Å². The van der Waals surface area contributed by atoms with Crippen LogP contribution in [0.3, 0.4) is 0 Å². The maximum atomic E-state index is 14.2. The summed E-state index contributed by atoms with van der Waals surface area (Å²) in [4.78, 5) is 13.1. The summed E-state index contributed by atoms with van der Waals surface area (Å²) in [6.07, 6.45) is 3.32. The van der Waals surface area contributed by atoms with Gasteiger partial charge in [0.05, 0.1) is 5.70 Å². The predicted molar refractivity (Wildman–Crippen MR) is 102 cm³/mol. The molecule has 0 saturated carbocycles. The summed E-state index contributed by atoms with van der Waals surface area (Å²) in [5.74, 6) is -1.47. The molecule has 0 aliphatic rings. The molecule has 0 heterocycles. The van der Waals surface area contributed by atoms with Crippen LogP contribution in [-0.2, 0) is 11.2 Å². The Morgan fingerprint density at radius 3 is 2.35 bits per heavy atom. The SMILES string of the molecule is C=C(/C=C(\C=O)Nc1c(F)cc(CCC)cc1F)N(C)c1ccccc1. The summed E-state index contributed by atoms with van der Waals surface area (Å²) in [5, 5.41) is 2.53. The van der Waals surface area contributed by atoms with Crippen LogP contribution in [0.25, 0.3) is 0 Å². The van der Waals surface area contributed by atoms with Gasteiger partial charge in [0.2, 0.25) is 0 Å². The van der Waals surface area contributed by atoms with Crippen molar-refractivity contribution in [2.45, 2.75) is 19.8 Å². The van der Waals surface area contributed by atoms with Crippen molar-refractivity contribution in [2.24, 2.45) is 0 Å². The molecule has 1 N–H and O–H groups in total. The molecular weight excluding hydrogens is 334 g/mol. The van der Waals surface area contributed by atoms with Crippen molar-refractivity contribution in [1.82, 2.24) is 0 Å². The minimum absolute atomic E-state index is 0.0128. The van der Waals surface area contributed by atoms with Gasteiger partial charge in [0, 0.05) is 18.4 Å². The van der Waals surface area contributed by atoms with Crippen molar-refractivity contribution < 1.29 is 13.6 Å². The Bertz CT molecular complexity index is 793. The molecule has 26 heavy (non-hydrogen) atoms. The standard InChI is InChI=1S/C21H22F2N2O/c1-4-8-16-12-19(22)21(20(23)13-16)24-17(14-26)11-15(2)25(3)18-9-6-5-7-10-18/h5-7,9-14,24H,2,4,8H2,1,3H3/b17-11+. The molecule has 0 fully saturated rings. The van der Waals surface area contributed by atoms with E-state index < -0.39 is 11.6 Å². The molecule has 0 unspecified atom stereocenters. The fourth-order valence-electron chi connectivity index (χ4n) is 2.52. The molecule has 0 aromatic heterocycles. The quantitative estimate of drug-likeness (QED) is 0.407. The van der Waals surface area contributed by atoms with Crippen molar-refractivity contribution in [1.29, 1.82) is 0 Å². The number of hydrogen-bond donors (Lipinski definition) is 1. The van der Waals surface area contributed by atoms with Crippen molar-refractivity contribution in [3.05, 3.63) is 83.7 Å². The number of rotatable bonds is 8. The second-order valence-corrected chi connectivity index (χ2v) is 5.91. The lowest BCUT2D eigenvalue weighted by Crippen LogP contribution is -2.15. The molecule has 0 saturated heterocycles. The zero-order chi connectivity index (χ0) is 19.1. The van der Waals surface area contributed by atoms with Crippen molar-refractivity contribution in [3.63, 3.8) is 0 Å². The van der Waals surface area contributed by atoms with Gasteiger partial charge in [-0.15, -0.1) is 0 Å². The number of carbonyl (C=O) groups is 1. The molecule has 136 valence electrons. The average Bonchev–Trinajstić information content (AvgIpc) is 2.64. The third-order valence-corrected chi connectivity index (χ3v) is 3.93. The number of likely N-dealkylation sites (N-methyl/N-ethyl adjacent to an activating group) is 1. The average molecular weight is 356 g/mol. The Morgan fingerprint density at radius 2 is 1.81 bits per heavy atom. The van der Waals surface area contributed by atoms with E-state index in [-0.39, 0.29) is 11.4 Å². The lowest BCUT2D eigenvalue weighted by atomic mass is 10.1. The Hall–Kier alpha value is -2.95. The third-order valence-electron chi connectivity index (χ3n) is 3.93. The van der Waals surface area contributed by atoms with Gasteiger partial charge in [-0.1, -0.05) is 38.1 Å². The Kier molecular flexibility index (Phi) is 6.67. The molecule has 0 radical (unpaired) electrons. The summed E-state index contributed by atoms with van der Waals surface area (Å²) in [6, 6.07) is 12.0. The van der Waals surface area contributed by atoms with Crippen LogP contribution in [-0.4, -0.2) is 13.3 Å². The summed E-state index contributed by atoms with van der Waals surface area (Å²) in [5.41, 5.74) is 1.62. The van der Waals surface area contributed by atoms with Crippen molar-refractivity contribution >= 4 is 17.7 Å². The Morgan fingerprint density at radius 1 is 1.19 bits per heavy atom. The molecule has 0 atom stereocenters. The lowest BCUT2D eigenvalue weighted by molar-refractivity contribution is -0.104. The highest BCUT2D eigenvalue weighted by Crippen LogP contribution is 2.24. The number of carbonyl (C=O) groups excluding carboxylic acids is 1. The normalized spacial score (nSPS) is 11.2. The molecule has 2 rings (SSSR count). The van der Waals surface area contributed by atoms with E-state index in [1.54, 1.807) is 11.9 Å². The summed E-state index contributed by atoms with van der Waals surface area (Å²) < 4.78 is 28.4. The Labute approximate surface area is 152 Å². The summed E-state index contributed by atoms with van der Waals surface area (Å²) in [7, 11) is 1.79. The summed E-state index contributed by atoms with van der Waals surface area (Å²) in [6.45, 7) is 5.84. The van der Waals surface area contributed by atoms with E-state index in [4.69, 9.17) is 0 Å². The minimum Gasteiger partial charge on any atom is -0.348 e. The molecular formula is C21H22F2N2O. The van der Waals surface area contributed by atoms with Gasteiger partial charge in [-0.25, -0.2) is 8.78 Å². The number of nitrogens with one attached hydrogen (secondary N) is 1. The van der Waals surface area contributed by atoms with Gasteiger partial charge in [-0.05, 0) is 42.3 Å². The number of hydrogen-bond acceptors (Lipinski definition) is 3. The zero-order valence-corrected chi connectivity index (χ0v) is 14.9. The van der Waals surface area contributed by atoms with E-state index in [1.807, 2.05) is 37.3 Å². The molecule has 0 aliphatic heterocycles. The molecule has 0 spiro atoms. The number of allylic oxidation sites excluding steroid dienone is 2. The molecule has 0 aliphatic carbocycles. The van der Waals surface area contributed by atoms with Crippen molar-refractivity contribution in [2.75, 3.05) is 17.3 Å². The van der Waals surface area contributed by atoms with Crippen LogP contribution in [0.2, 0.25) is 0 Å². The van der Waals surface area contributed by atoms with Gasteiger partial charge in [0.15, 0.2) is 6.29 Å². The first kappa shape index (κ1) is 19.4. The number of benzene rings is 2. The van der Waals surface area contributed by atoms with Gasteiger partial charge >= 0.3 is 0 Å². The highest BCUT2D eigenvalue weighted by Gasteiger charge is 2.13. The van der Waals surface area contributed by atoms with Gasteiger partial charge < -0.3 is 10.2 Å². The van der Waals surface area contributed by atoms with Crippen molar-refractivity contribution in [3.8, 4) is 0 Å². The van der Waals surface area contributed by atoms with E-state index in [1.165, 1.54) is 18.2 Å². The minimum atomic E-state index is -0.733. The summed E-state index contributed by atoms with van der Waals surface area (Å²) >= 11 is 0. The Balaban J connectivity index is 2.22. The van der Waals surface area contributed by atoms with E-state index in [0.717, 1.165) is 12.1 Å². The fraction of sp³-hybridized carbons (Fsp3) is 0.190. The molecule has 5 heteroatoms. The monoisotopic (exact) mass is 356 g/mol. The zero-order valence-electron chi connectivity index (χ0n) is 14.9. The first-order valence-electron chi connectivity index (χ1n) is 8.35. The van der Waals surface area contributed by atoms with Crippen LogP contribution in [0.15, 0.2) is 66.5 Å². The lowest BCUT2D eigenvalue weighted by Gasteiger charge is -2.20. The topological polar surface area (TPSA) is 32.3 Å². The maximum Gasteiger partial charge on any atom is 0.166 e. The maximum absolute atomic E-state index is 14.2. The number of anilines is 2. The third kappa shape index (κ3) is 4.79. The van der Waals surface area contributed by atoms with E-state index >= 15 is 0 Å². The van der Waals surface area contributed by atoms with Crippen LogP contribution in [0.1, 0.15) is 18.9 Å². The largest absolute Gasteiger partial charge is 0.348 e. The van der Waals surface area contributed by atoms with Gasteiger partial charge in [0.1, 0.15) is 17.3 Å². The number of aryl methyl sites for hydroxylation is 1. The highest BCUT2D eigenvalue weighted by atomic mass is 19.1. The number of para-hydroxylation sites is 1. The molecule has 0 bridgehead atoms. The van der Waals surface area contributed by atoms with Gasteiger partial charge in [0.25, 0.3) is 0 Å². The van der Waals surface area contributed by atoms with Crippen LogP contribution in [0, 0.1) is 11.6 Å². The van der Waals surface area contributed by atoms with Crippen LogP contribution < -0.4 is 10.2 Å². The number of aldehydes is 1. The second kappa shape index (κ2) is 8.94. The second-order valence-electron chi connectivity index (χ2n) is 5.91. The highest BCUT2D eigenvalue weighted by molar-refractivity contribution is 5.80. The molecule has 2 aromatic carbocycles. The molecule has 3 nitrogen and oxygen atoms in total. The van der Waals surface area contributed by atoms with Gasteiger partial charge in [-0.2, -0.15) is 0 Å². The first-order valence-corrected chi connectivity index (χ1v) is 8.35. The fourth-order valence-corrected chi connectivity index (χ4v) is 2.52. The van der Waals surface area contributed by atoms with E-state index in [2.05, 4.69) is 11.9 Å². The smallest absolute Gasteiger partial charge is 0.166 e. The van der Waals surface area contributed by atoms with Crippen LogP contribution in [0.5, 0.6) is 0 Å². The van der Waals surface area contributed by atoms with E-state index in [9.17, 15) is 13.6 Å². The predicted octanol–water partition coefficient (Wildman–Crippen LogP) is 5.06. The van der Waals surface area contributed by atoms with Crippen LogP contribution in [0.4, 0.5) is 20.2 Å². The van der Waals surface area contributed by atoms with E-state index in [0.29, 0.717) is 24.0 Å². The molecule has 2 aromatic rings. The molecule has 0 amide bonds. The number of nitrogens with zero attached hydrogens (tertiary/aromatic N) is 1. The first-order chi connectivity index (χ1) is 12.5. The van der Waals surface area contributed by atoms with Crippen LogP contribution >= 0.6 is 0 Å². The number of halogens is 2.